The zero-order valence-electron chi connectivity index (χ0n) is 7.20. The van der Waals surface area contributed by atoms with Crippen LogP contribution >= 0.6 is 0 Å². The van der Waals surface area contributed by atoms with Crippen molar-refractivity contribution in [2.75, 3.05) is 6.61 Å². The van der Waals surface area contributed by atoms with Gasteiger partial charge in [-0.2, -0.15) is 0 Å². The smallest absolute Gasteiger partial charge is 0.380 e. The summed E-state index contributed by atoms with van der Waals surface area (Å²) in [4.78, 5) is 13.0. The van der Waals surface area contributed by atoms with Gasteiger partial charge in [0, 0.05) is 0 Å². The van der Waals surface area contributed by atoms with Gasteiger partial charge in [-0.1, -0.05) is 0 Å². The van der Waals surface area contributed by atoms with Crippen LogP contribution in [-0.2, 0) is 6.54 Å². The van der Waals surface area contributed by atoms with Crippen molar-refractivity contribution in [3.8, 4) is 0 Å². The lowest BCUT2D eigenvalue weighted by Crippen LogP contribution is -2.27. The SMILES string of the molecule is [B]c1nc([N+](=O)[O-])cn1CC(O)CO. The van der Waals surface area contributed by atoms with Gasteiger partial charge >= 0.3 is 5.82 Å². The molecule has 1 rings (SSSR count). The van der Waals surface area contributed by atoms with E-state index in [0.29, 0.717) is 0 Å². The predicted molar refractivity (Wildman–Crippen MR) is 47.4 cm³/mol. The molecule has 1 atom stereocenters. The van der Waals surface area contributed by atoms with E-state index in [1.807, 2.05) is 0 Å². The van der Waals surface area contributed by atoms with Crippen LogP contribution in [0.5, 0.6) is 0 Å². The molecule has 0 aliphatic rings. The summed E-state index contributed by atoms with van der Waals surface area (Å²) >= 11 is 0. The molecular formula is C6H8BN3O4. The van der Waals surface area contributed by atoms with Gasteiger partial charge in [0.05, 0.1) is 19.3 Å². The zero-order valence-corrected chi connectivity index (χ0v) is 7.20. The van der Waals surface area contributed by atoms with Crippen LogP contribution in [0.3, 0.4) is 0 Å². The molecule has 14 heavy (non-hydrogen) atoms. The van der Waals surface area contributed by atoms with E-state index >= 15 is 0 Å². The number of hydrogen-bond donors (Lipinski definition) is 2. The number of hydrogen-bond acceptors (Lipinski definition) is 5. The summed E-state index contributed by atoms with van der Waals surface area (Å²) < 4.78 is 1.21. The molecule has 8 heteroatoms. The van der Waals surface area contributed by atoms with Crippen molar-refractivity contribution >= 4 is 19.4 Å². The van der Waals surface area contributed by atoms with E-state index in [2.05, 4.69) is 4.98 Å². The maximum Gasteiger partial charge on any atom is 0.380 e. The first-order chi connectivity index (χ1) is 6.54. The topological polar surface area (TPSA) is 101 Å². The van der Waals surface area contributed by atoms with Crippen LogP contribution in [0.15, 0.2) is 6.20 Å². The molecule has 1 heterocycles. The van der Waals surface area contributed by atoms with Crippen molar-refractivity contribution in [1.29, 1.82) is 0 Å². The summed E-state index contributed by atoms with van der Waals surface area (Å²) in [5, 5.41) is 27.9. The molecule has 0 amide bonds. The second-order valence-electron chi connectivity index (χ2n) is 2.70. The fourth-order valence-corrected chi connectivity index (χ4v) is 0.935. The number of imidazole rings is 1. The summed E-state index contributed by atoms with van der Waals surface area (Å²) in [6.45, 7) is -0.464. The standard InChI is InChI=1S/C6H8BN3O4/c7-6-8-5(10(13)14)2-9(6)1-4(12)3-11/h2,4,11-12H,1,3H2. The Balaban J connectivity index is 2.82. The summed E-state index contributed by atoms with van der Waals surface area (Å²) in [5.74, 6) is -0.382. The number of aliphatic hydroxyl groups is 2. The molecule has 2 N–H and O–H groups in total. The molecule has 0 bridgehead atoms. The van der Waals surface area contributed by atoms with E-state index in [-0.39, 0.29) is 18.1 Å². The molecule has 0 aliphatic heterocycles. The van der Waals surface area contributed by atoms with Gasteiger partial charge in [0.2, 0.25) is 7.85 Å². The maximum absolute atomic E-state index is 10.3. The Morgan fingerprint density at radius 1 is 1.79 bits per heavy atom. The minimum Gasteiger partial charge on any atom is -0.394 e. The van der Waals surface area contributed by atoms with Gasteiger partial charge in [-0.15, -0.1) is 0 Å². The highest BCUT2D eigenvalue weighted by Crippen LogP contribution is 2.04. The quantitative estimate of drug-likeness (QED) is 0.328. The first-order valence-electron chi connectivity index (χ1n) is 3.80. The highest BCUT2D eigenvalue weighted by Gasteiger charge is 2.16. The molecule has 7 nitrogen and oxygen atoms in total. The summed E-state index contributed by atoms with van der Waals surface area (Å²) in [7, 11) is 5.34. The Morgan fingerprint density at radius 2 is 2.43 bits per heavy atom. The molecule has 1 unspecified atom stereocenters. The maximum atomic E-state index is 10.3. The molecule has 1 aromatic rings. The molecule has 0 saturated carbocycles. The molecule has 2 radical (unpaired) electrons. The van der Waals surface area contributed by atoms with E-state index in [1.54, 1.807) is 0 Å². The van der Waals surface area contributed by atoms with Crippen molar-refractivity contribution < 1.29 is 15.1 Å². The average molecular weight is 197 g/mol. The van der Waals surface area contributed by atoms with Crippen LogP contribution in [0.2, 0.25) is 0 Å². The van der Waals surface area contributed by atoms with E-state index in [4.69, 9.17) is 18.1 Å². The second-order valence-corrected chi connectivity index (χ2v) is 2.70. The first-order valence-corrected chi connectivity index (χ1v) is 3.80. The minimum atomic E-state index is -1.01. The van der Waals surface area contributed by atoms with E-state index in [1.165, 1.54) is 4.57 Å². The normalized spacial score (nSPS) is 12.7. The van der Waals surface area contributed by atoms with Crippen molar-refractivity contribution in [2.24, 2.45) is 0 Å². The Labute approximate surface area is 80.6 Å². The fourth-order valence-electron chi connectivity index (χ4n) is 0.935. The fraction of sp³-hybridized carbons (Fsp3) is 0.500. The van der Waals surface area contributed by atoms with Gasteiger partial charge in [-0.05, 0) is 9.91 Å². The van der Waals surface area contributed by atoms with Crippen LogP contribution in [0.1, 0.15) is 0 Å². The summed E-state index contributed by atoms with van der Waals surface area (Å²) in [6, 6.07) is 0. The number of aromatic nitrogens is 2. The number of nitro groups is 1. The number of aliphatic hydroxyl groups excluding tert-OH is 2. The third kappa shape index (κ3) is 2.30. The molecular weight excluding hydrogens is 189 g/mol. The summed E-state index contributed by atoms with van der Waals surface area (Å²) in [5.41, 5.74) is -0.0656. The lowest BCUT2D eigenvalue weighted by atomic mass is 10.1. The van der Waals surface area contributed by atoms with Crippen LogP contribution in [0, 0.1) is 10.1 Å². The molecule has 74 valence electrons. The van der Waals surface area contributed by atoms with Gasteiger partial charge in [-0.25, -0.2) is 0 Å². The first kappa shape index (κ1) is 10.7. The largest absolute Gasteiger partial charge is 0.394 e. The van der Waals surface area contributed by atoms with Crippen molar-refractivity contribution in [3.63, 3.8) is 0 Å². The molecule has 0 spiro atoms. The third-order valence-electron chi connectivity index (χ3n) is 1.60. The van der Waals surface area contributed by atoms with E-state index in [0.717, 1.165) is 6.20 Å². The van der Waals surface area contributed by atoms with Crippen molar-refractivity contribution in [2.45, 2.75) is 12.6 Å². The van der Waals surface area contributed by atoms with E-state index in [9.17, 15) is 10.1 Å². The highest BCUT2D eigenvalue weighted by molar-refractivity contribution is 6.29. The Morgan fingerprint density at radius 3 is 2.86 bits per heavy atom. The lowest BCUT2D eigenvalue weighted by molar-refractivity contribution is -0.389. The van der Waals surface area contributed by atoms with Gasteiger partial charge in [0.25, 0.3) is 0 Å². The Hall–Kier alpha value is -1.41. The van der Waals surface area contributed by atoms with Crippen LogP contribution in [0.4, 0.5) is 5.82 Å². The molecule has 0 aliphatic carbocycles. The molecule has 0 fully saturated rings. The van der Waals surface area contributed by atoms with Crippen LogP contribution < -0.4 is 5.72 Å². The molecule has 1 aromatic heterocycles. The second kappa shape index (κ2) is 4.20. The van der Waals surface area contributed by atoms with Gasteiger partial charge in [0.15, 0.2) is 5.72 Å². The highest BCUT2D eigenvalue weighted by atomic mass is 16.6. The minimum absolute atomic E-state index is 0.0246. The van der Waals surface area contributed by atoms with Crippen LogP contribution in [0.25, 0.3) is 0 Å². The molecule has 0 aromatic carbocycles. The van der Waals surface area contributed by atoms with Crippen molar-refractivity contribution in [3.05, 3.63) is 16.3 Å². The van der Waals surface area contributed by atoms with Gasteiger partial charge in [0.1, 0.15) is 6.20 Å². The van der Waals surface area contributed by atoms with Gasteiger partial charge in [-0.3, -0.25) is 0 Å². The summed E-state index contributed by atoms with van der Waals surface area (Å²) in [6.07, 6.45) is 0.0971. The van der Waals surface area contributed by atoms with Crippen molar-refractivity contribution in [1.82, 2.24) is 9.55 Å². The lowest BCUT2D eigenvalue weighted by Gasteiger charge is -2.07. The number of nitrogens with zero attached hydrogens (tertiary/aromatic N) is 3. The van der Waals surface area contributed by atoms with E-state index < -0.39 is 17.6 Å². The average Bonchev–Trinajstić information content (AvgIpc) is 2.48. The molecule has 0 saturated heterocycles. The monoisotopic (exact) mass is 197 g/mol. The van der Waals surface area contributed by atoms with Crippen LogP contribution in [-0.4, -0.2) is 45.2 Å². The zero-order chi connectivity index (χ0) is 10.7. The third-order valence-corrected chi connectivity index (χ3v) is 1.60. The number of rotatable bonds is 4. The van der Waals surface area contributed by atoms with Gasteiger partial charge < -0.3 is 24.9 Å². The Kier molecular flexibility index (Phi) is 3.21. The predicted octanol–water partition coefficient (Wildman–Crippen LogP) is -2.06. The Bertz CT molecular complexity index is 340.